The SMILES string of the molecule is Cl.NCC1(O)CCC(C(=O)O)CC1. The van der Waals surface area contributed by atoms with Crippen LogP contribution in [0.4, 0.5) is 0 Å². The summed E-state index contributed by atoms with van der Waals surface area (Å²) in [5.41, 5.74) is 4.56. The number of aliphatic hydroxyl groups is 1. The molecule has 4 N–H and O–H groups in total. The molecule has 4 nitrogen and oxygen atoms in total. The second-order valence-electron chi connectivity index (χ2n) is 3.54. The van der Waals surface area contributed by atoms with E-state index in [0.717, 1.165) is 0 Å². The van der Waals surface area contributed by atoms with Gasteiger partial charge < -0.3 is 15.9 Å². The molecule has 1 saturated carbocycles. The number of hydrogen-bond acceptors (Lipinski definition) is 3. The Hall–Kier alpha value is -0.320. The monoisotopic (exact) mass is 209 g/mol. The first-order valence-electron chi connectivity index (χ1n) is 4.23. The van der Waals surface area contributed by atoms with Gasteiger partial charge in [0.1, 0.15) is 0 Å². The van der Waals surface area contributed by atoms with Gasteiger partial charge >= 0.3 is 5.97 Å². The molecular formula is C8H16ClNO3. The van der Waals surface area contributed by atoms with Crippen molar-refractivity contribution in [2.75, 3.05) is 6.54 Å². The highest BCUT2D eigenvalue weighted by Crippen LogP contribution is 2.31. The lowest BCUT2D eigenvalue weighted by molar-refractivity contribution is -0.144. The first kappa shape index (κ1) is 12.7. The lowest BCUT2D eigenvalue weighted by Gasteiger charge is -2.33. The average Bonchev–Trinajstić information content (AvgIpc) is 2.05. The number of aliphatic carboxylic acids is 1. The van der Waals surface area contributed by atoms with Gasteiger partial charge in [0.15, 0.2) is 0 Å². The van der Waals surface area contributed by atoms with Crippen LogP contribution >= 0.6 is 12.4 Å². The van der Waals surface area contributed by atoms with Crippen LogP contribution in [0.2, 0.25) is 0 Å². The summed E-state index contributed by atoms with van der Waals surface area (Å²) in [5, 5.41) is 18.3. The third-order valence-electron chi connectivity index (χ3n) is 2.65. The fourth-order valence-electron chi connectivity index (χ4n) is 1.61. The van der Waals surface area contributed by atoms with Gasteiger partial charge in [0.05, 0.1) is 11.5 Å². The van der Waals surface area contributed by atoms with E-state index in [0.29, 0.717) is 25.7 Å². The van der Waals surface area contributed by atoms with Gasteiger partial charge in [0.2, 0.25) is 0 Å². The minimum Gasteiger partial charge on any atom is -0.481 e. The average molecular weight is 210 g/mol. The molecular weight excluding hydrogens is 194 g/mol. The van der Waals surface area contributed by atoms with E-state index in [2.05, 4.69) is 0 Å². The maximum absolute atomic E-state index is 10.5. The third-order valence-corrected chi connectivity index (χ3v) is 2.65. The molecule has 78 valence electrons. The van der Waals surface area contributed by atoms with Crippen molar-refractivity contribution in [3.05, 3.63) is 0 Å². The molecule has 0 radical (unpaired) electrons. The minimum absolute atomic E-state index is 0. The van der Waals surface area contributed by atoms with Crippen molar-refractivity contribution < 1.29 is 15.0 Å². The van der Waals surface area contributed by atoms with E-state index in [1.165, 1.54) is 0 Å². The van der Waals surface area contributed by atoms with Gasteiger partial charge in [0.25, 0.3) is 0 Å². The number of carboxylic acids is 1. The van der Waals surface area contributed by atoms with Crippen LogP contribution in [-0.4, -0.2) is 28.3 Å². The van der Waals surface area contributed by atoms with E-state index in [-0.39, 0.29) is 24.9 Å². The molecule has 0 bridgehead atoms. The quantitative estimate of drug-likeness (QED) is 0.614. The highest BCUT2D eigenvalue weighted by Gasteiger charge is 2.34. The summed E-state index contributed by atoms with van der Waals surface area (Å²) in [6, 6.07) is 0. The van der Waals surface area contributed by atoms with Gasteiger partial charge in [-0.2, -0.15) is 0 Å². The maximum atomic E-state index is 10.5. The predicted octanol–water partition coefficient (Wildman–Crippen LogP) is 0.373. The molecule has 1 aliphatic carbocycles. The van der Waals surface area contributed by atoms with Crippen molar-refractivity contribution in [2.24, 2.45) is 11.7 Å². The van der Waals surface area contributed by atoms with E-state index < -0.39 is 11.6 Å². The Morgan fingerprint density at radius 1 is 1.46 bits per heavy atom. The van der Waals surface area contributed by atoms with Gasteiger partial charge in [-0.15, -0.1) is 12.4 Å². The first-order chi connectivity index (χ1) is 5.57. The van der Waals surface area contributed by atoms with Gasteiger partial charge in [-0.25, -0.2) is 0 Å². The van der Waals surface area contributed by atoms with Crippen LogP contribution in [0, 0.1) is 5.92 Å². The summed E-state index contributed by atoms with van der Waals surface area (Å²) >= 11 is 0. The van der Waals surface area contributed by atoms with Gasteiger partial charge in [-0.3, -0.25) is 4.79 Å². The Morgan fingerprint density at radius 2 is 1.92 bits per heavy atom. The number of nitrogens with two attached hydrogens (primary N) is 1. The van der Waals surface area contributed by atoms with Crippen LogP contribution in [0.3, 0.4) is 0 Å². The fraction of sp³-hybridized carbons (Fsp3) is 0.875. The second-order valence-corrected chi connectivity index (χ2v) is 3.54. The summed E-state index contributed by atoms with van der Waals surface area (Å²) in [4.78, 5) is 10.5. The second kappa shape index (κ2) is 4.79. The third kappa shape index (κ3) is 3.14. The van der Waals surface area contributed by atoms with Gasteiger partial charge in [-0.05, 0) is 25.7 Å². The summed E-state index contributed by atoms with van der Waals surface area (Å²) in [7, 11) is 0. The van der Waals surface area contributed by atoms with Crippen LogP contribution in [0.15, 0.2) is 0 Å². The number of carbonyl (C=O) groups is 1. The molecule has 13 heavy (non-hydrogen) atoms. The largest absolute Gasteiger partial charge is 0.481 e. The van der Waals surface area contributed by atoms with Gasteiger partial charge in [-0.1, -0.05) is 0 Å². The summed E-state index contributed by atoms with van der Waals surface area (Å²) in [6.07, 6.45) is 2.12. The molecule has 1 rings (SSSR count). The van der Waals surface area contributed by atoms with Crippen molar-refractivity contribution in [1.29, 1.82) is 0 Å². The van der Waals surface area contributed by atoms with Crippen molar-refractivity contribution in [2.45, 2.75) is 31.3 Å². The molecule has 0 atom stereocenters. The van der Waals surface area contributed by atoms with Crippen molar-refractivity contribution in [3.8, 4) is 0 Å². The fourth-order valence-corrected chi connectivity index (χ4v) is 1.61. The molecule has 0 amide bonds. The van der Waals surface area contributed by atoms with E-state index in [1.54, 1.807) is 0 Å². The molecule has 0 saturated heterocycles. The minimum atomic E-state index is -0.800. The highest BCUT2D eigenvalue weighted by atomic mass is 35.5. The predicted molar refractivity (Wildman–Crippen MR) is 50.8 cm³/mol. The van der Waals surface area contributed by atoms with Crippen molar-refractivity contribution in [1.82, 2.24) is 0 Å². The first-order valence-corrected chi connectivity index (χ1v) is 4.23. The highest BCUT2D eigenvalue weighted by molar-refractivity contribution is 5.85. The molecule has 1 fully saturated rings. The molecule has 1 aliphatic rings. The van der Waals surface area contributed by atoms with Crippen LogP contribution in [0.1, 0.15) is 25.7 Å². The Kier molecular flexibility index (Phi) is 4.67. The molecule has 5 heteroatoms. The molecule has 0 aliphatic heterocycles. The van der Waals surface area contributed by atoms with E-state index in [4.69, 9.17) is 10.8 Å². The number of halogens is 1. The zero-order chi connectivity index (χ0) is 9.19. The molecule has 0 heterocycles. The Balaban J connectivity index is 0.00000144. The Morgan fingerprint density at radius 3 is 2.23 bits per heavy atom. The maximum Gasteiger partial charge on any atom is 0.306 e. The van der Waals surface area contributed by atoms with Crippen molar-refractivity contribution >= 4 is 18.4 Å². The van der Waals surface area contributed by atoms with E-state index >= 15 is 0 Å². The Labute approximate surface area is 83.5 Å². The van der Waals surface area contributed by atoms with E-state index in [9.17, 15) is 9.90 Å². The zero-order valence-corrected chi connectivity index (χ0v) is 8.22. The lowest BCUT2D eigenvalue weighted by Crippen LogP contribution is -2.42. The molecule has 0 aromatic rings. The lowest BCUT2D eigenvalue weighted by atomic mass is 9.79. The van der Waals surface area contributed by atoms with Crippen molar-refractivity contribution in [3.63, 3.8) is 0 Å². The number of hydrogen-bond donors (Lipinski definition) is 3. The van der Waals surface area contributed by atoms with E-state index in [1.807, 2.05) is 0 Å². The summed E-state index contributed by atoms with van der Waals surface area (Å²) in [6.45, 7) is 0.235. The van der Waals surface area contributed by atoms with Crippen LogP contribution in [0.25, 0.3) is 0 Å². The topological polar surface area (TPSA) is 83.5 Å². The number of rotatable bonds is 2. The molecule has 0 aromatic carbocycles. The summed E-state index contributed by atoms with van der Waals surface area (Å²) in [5.74, 6) is -1.04. The molecule has 0 spiro atoms. The van der Waals surface area contributed by atoms with Crippen LogP contribution < -0.4 is 5.73 Å². The zero-order valence-electron chi connectivity index (χ0n) is 7.40. The summed E-state index contributed by atoms with van der Waals surface area (Å²) < 4.78 is 0. The van der Waals surface area contributed by atoms with Gasteiger partial charge in [0, 0.05) is 6.54 Å². The van der Waals surface area contributed by atoms with Crippen LogP contribution in [0.5, 0.6) is 0 Å². The smallest absolute Gasteiger partial charge is 0.306 e. The number of carboxylic acid groups (broad SMARTS) is 1. The standard InChI is InChI=1S/C8H15NO3.ClH/c9-5-8(12)3-1-6(2-4-8)7(10)11;/h6,12H,1-5,9H2,(H,10,11);1H. The molecule has 0 aromatic heterocycles. The normalized spacial score (nSPS) is 33.5. The molecule has 0 unspecified atom stereocenters. The Bertz CT molecular complexity index is 178. The van der Waals surface area contributed by atoms with Crippen LogP contribution in [-0.2, 0) is 4.79 Å².